The summed E-state index contributed by atoms with van der Waals surface area (Å²) >= 11 is 0. The number of benzene rings is 1. The molecular weight excluding hydrogens is 168 g/mol. The Morgan fingerprint density at radius 3 is 2.79 bits per heavy atom. The monoisotopic (exact) mass is 186 g/mol. The van der Waals surface area contributed by atoms with E-state index in [0.29, 0.717) is 0 Å². The predicted octanol–water partition coefficient (Wildman–Crippen LogP) is 4.21. The molecule has 0 aliphatic heterocycles. The number of hydrogen-bond acceptors (Lipinski definition) is 0. The first-order chi connectivity index (χ1) is 6.92. The molecule has 0 bridgehead atoms. The van der Waals surface area contributed by atoms with Crippen LogP contribution in [0, 0.1) is 0 Å². The minimum absolute atomic E-state index is 1.16. The van der Waals surface area contributed by atoms with Gasteiger partial charge < -0.3 is 0 Å². The van der Waals surface area contributed by atoms with Crippen LogP contribution in [0.15, 0.2) is 30.3 Å². The van der Waals surface area contributed by atoms with Gasteiger partial charge in [0.15, 0.2) is 0 Å². The van der Waals surface area contributed by atoms with E-state index in [1.165, 1.54) is 31.2 Å². The second-order valence-corrected chi connectivity index (χ2v) is 4.00. The summed E-state index contributed by atoms with van der Waals surface area (Å²) < 4.78 is 0. The molecule has 0 spiro atoms. The number of rotatable bonds is 1. The van der Waals surface area contributed by atoms with Crippen molar-refractivity contribution in [1.82, 2.24) is 0 Å². The van der Waals surface area contributed by atoms with E-state index in [-0.39, 0.29) is 0 Å². The molecule has 0 saturated carbocycles. The van der Waals surface area contributed by atoms with Gasteiger partial charge in [-0.3, -0.25) is 0 Å². The first-order valence-corrected chi connectivity index (χ1v) is 5.69. The van der Waals surface area contributed by atoms with E-state index in [4.69, 9.17) is 0 Å². The molecule has 0 atom stereocenters. The summed E-state index contributed by atoms with van der Waals surface area (Å²) in [5.74, 6) is 0. The zero-order chi connectivity index (χ0) is 9.80. The van der Waals surface area contributed by atoms with Crippen molar-refractivity contribution in [1.29, 1.82) is 0 Å². The molecule has 1 aromatic carbocycles. The molecule has 1 aliphatic rings. The molecule has 74 valence electrons. The van der Waals surface area contributed by atoms with Gasteiger partial charge in [-0.15, -0.1) is 0 Å². The molecular formula is C14H18. The quantitative estimate of drug-likeness (QED) is 0.576. The van der Waals surface area contributed by atoms with Crippen LogP contribution in [0.1, 0.15) is 43.7 Å². The van der Waals surface area contributed by atoms with E-state index in [1.54, 1.807) is 11.1 Å². The Bertz CT molecular complexity index is 334. The molecule has 0 radical (unpaired) electrons. The zero-order valence-corrected chi connectivity index (χ0v) is 8.92. The molecule has 0 amide bonds. The Hall–Kier alpha value is -1.04. The van der Waals surface area contributed by atoms with Gasteiger partial charge in [0.25, 0.3) is 0 Å². The molecule has 0 heterocycles. The summed E-state index contributed by atoms with van der Waals surface area (Å²) in [4.78, 5) is 0. The SMILES string of the molecule is CCC=C1CCCCc2ccccc21. The van der Waals surface area contributed by atoms with Crippen LogP contribution in [0.2, 0.25) is 0 Å². The lowest BCUT2D eigenvalue weighted by Gasteiger charge is -2.07. The Morgan fingerprint density at radius 2 is 1.93 bits per heavy atom. The third-order valence-corrected chi connectivity index (χ3v) is 2.96. The smallest absolute Gasteiger partial charge is 0.0196 e. The number of hydrogen-bond donors (Lipinski definition) is 0. The Morgan fingerprint density at radius 1 is 1.14 bits per heavy atom. The predicted molar refractivity (Wildman–Crippen MR) is 62.3 cm³/mol. The van der Waals surface area contributed by atoms with Crippen molar-refractivity contribution >= 4 is 5.57 Å². The molecule has 0 heteroatoms. The van der Waals surface area contributed by atoms with E-state index < -0.39 is 0 Å². The third-order valence-electron chi connectivity index (χ3n) is 2.96. The lowest BCUT2D eigenvalue weighted by molar-refractivity contribution is 0.770. The van der Waals surface area contributed by atoms with Crippen LogP contribution in [-0.4, -0.2) is 0 Å². The van der Waals surface area contributed by atoms with Crippen molar-refractivity contribution in [3.05, 3.63) is 41.5 Å². The van der Waals surface area contributed by atoms with Crippen molar-refractivity contribution in [2.45, 2.75) is 39.0 Å². The van der Waals surface area contributed by atoms with Crippen LogP contribution in [0.5, 0.6) is 0 Å². The molecule has 0 aromatic heterocycles. The van der Waals surface area contributed by atoms with E-state index >= 15 is 0 Å². The maximum absolute atomic E-state index is 2.39. The van der Waals surface area contributed by atoms with Crippen molar-refractivity contribution in [2.24, 2.45) is 0 Å². The van der Waals surface area contributed by atoms with Gasteiger partial charge in [0.2, 0.25) is 0 Å². The fourth-order valence-electron chi connectivity index (χ4n) is 2.28. The normalized spacial score (nSPS) is 19.1. The Kier molecular flexibility index (Phi) is 3.03. The molecule has 1 aliphatic carbocycles. The van der Waals surface area contributed by atoms with Crippen molar-refractivity contribution in [2.75, 3.05) is 0 Å². The van der Waals surface area contributed by atoms with Crippen LogP contribution in [0.4, 0.5) is 0 Å². The molecule has 2 rings (SSSR count). The summed E-state index contributed by atoms with van der Waals surface area (Å²) in [5, 5.41) is 0. The maximum atomic E-state index is 2.39. The minimum atomic E-state index is 1.16. The highest BCUT2D eigenvalue weighted by Gasteiger charge is 2.10. The van der Waals surface area contributed by atoms with E-state index in [1.807, 2.05) is 0 Å². The number of fused-ring (bicyclic) bond motifs is 1. The summed E-state index contributed by atoms with van der Waals surface area (Å²) in [6.07, 6.45) is 8.77. The maximum Gasteiger partial charge on any atom is -0.0196 e. The topological polar surface area (TPSA) is 0 Å². The summed E-state index contributed by atoms with van der Waals surface area (Å²) in [6.45, 7) is 2.22. The Balaban J connectivity index is 2.42. The fraction of sp³-hybridized carbons (Fsp3) is 0.429. The average molecular weight is 186 g/mol. The molecule has 0 N–H and O–H groups in total. The summed E-state index contributed by atoms with van der Waals surface area (Å²) in [5.41, 5.74) is 4.62. The molecule has 0 unspecified atom stereocenters. The minimum Gasteiger partial charge on any atom is -0.0810 e. The van der Waals surface area contributed by atoms with Crippen LogP contribution in [0.3, 0.4) is 0 Å². The molecule has 0 saturated heterocycles. The van der Waals surface area contributed by atoms with Gasteiger partial charge in [-0.25, -0.2) is 0 Å². The standard InChI is InChI=1S/C14H18/c1-2-7-12-8-3-4-9-13-10-5-6-11-14(12)13/h5-7,10-11H,2-4,8-9H2,1H3. The van der Waals surface area contributed by atoms with Crippen molar-refractivity contribution in [3.63, 3.8) is 0 Å². The number of allylic oxidation sites excluding steroid dienone is 2. The van der Waals surface area contributed by atoms with Crippen LogP contribution >= 0.6 is 0 Å². The first-order valence-electron chi connectivity index (χ1n) is 5.69. The highest BCUT2D eigenvalue weighted by Crippen LogP contribution is 2.29. The van der Waals surface area contributed by atoms with Crippen LogP contribution in [-0.2, 0) is 6.42 Å². The van der Waals surface area contributed by atoms with Gasteiger partial charge in [-0.2, -0.15) is 0 Å². The van der Waals surface area contributed by atoms with Crippen LogP contribution < -0.4 is 0 Å². The van der Waals surface area contributed by atoms with Gasteiger partial charge in [0.1, 0.15) is 0 Å². The molecule has 1 aromatic rings. The third kappa shape index (κ3) is 1.89. The molecule has 0 fully saturated rings. The van der Waals surface area contributed by atoms with E-state index in [0.717, 1.165) is 6.42 Å². The molecule has 14 heavy (non-hydrogen) atoms. The van der Waals surface area contributed by atoms with Gasteiger partial charge >= 0.3 is 0 Å². The Labute approximate surface area is 86.7 Å². The average Bonchev–Trinajstić information content (AvgIpc) is 2.42. The lowest BCUT2D eigenvalue weighted by Crippen LogP contribution is -1.88. The summed E-state index contributed by atoms with van der Waals surface area (Å²) in [7, 11) is 0. The largest absolute Gasteiger partial charge is 0.0810 e. The van der Waals surface area contributed by atoms with Gasteiger partial charge in [0.05, 0.1) is 0 Å². The zero-order valence-electron chi connectivity index (χ0n) is 8.92. The summed E-state index contributed by atoms with van der Waals surface area (Å²) in [6, 6.07) is 8.88. The highest BCUT2D eigenvalue weighted by molar-refractivity contribution is 5.68. The van der Waals surface area contributed by atoms with Gasteiger partial charge in [-0.1, -0.05) is 37.3 Å². The second kappa shape index (κ2) is 4.45. The highest BCUT2D eigenvalue weighted by atomic mass is 14.2. The number of aryl methyl sites for hydroxylation is 1. The van der Waals surface area contributed by atoms with Gasteiger partial charge in [0, 0.05) is 0 Å². The van der Waals surface area contributed by atoms with E-state index in [2.05, 4.69) is 37.3 Å². The second-order valence-electron chi connectivity index (χ2n) is 4.00. The van der Waals surface area contributed by atoms with Crippen molar-refractivity contribution in [3.8, 4) is 0 Å². The fourth-order valence-corrected chi connectivity index (χ4v) is 2.28. The van der Waals surface area contributed by atoms with E-state index in [9.17, 15) is 0 Å². The van der Waals surface area contributed by atoms with Gasteiger partial charge in [-0.05, 0) is 48.8 Å². The van der Waals surface area contributed by atoms with Crippen molar-refractivity contribution < 1.29 is 0 Å². The first kappa shape index (κ1) is 9.51. The molecule has 0 nitrogen and oxygen atoms in total. The lowest BCUT2D eigenvalue weighted by atomic mass is 9.98. The van der Waals surface area contributed by atoms with Crippen LogP contribution in [0.25, 0.3) is 5.57 Å².